The molecule has 0 aliphatic heterocycles. The van der Waals surface area contributed by atoms with E-state index in [1.807, 2.05) is 6.07 Å². The lowest BCUT2D eigenvalue weighted by atomic mass is 10.1. The van der Waals surface area contributed by atoms with Gasteiger partial charge in [0.25, 0.3) is 0 Å². The van der Waals surface area contributed by atoms with Crippen LogP contribution in [-0.2, 0) is 5.75 Å². The Labute approximate surface area is 130 Å². The Bertz CT molecular complexity index is 662. The molecule has 2 aromatic carbocycles. The van der Waals surface area contributed by atoms with E-state index < -0.39 is 5.82 Å². The molecule has 0 saturated carbocycles. The fourth-order valence-electron chi connectivity index (χ4n) is 1.63. The van der Waals surface area contributed by atoms with Crippen LogP contribution in [0.5, 0.6) is 0 Å². The molecule has 6 heteroatoms. The summed E-state index contributed by atoms with van der Waals surface area (Å²) in [7, 11) is 0. The highest BCUT2D eigenvalue weighted by Gasteiger charge is 2.10. The minimum Gasteiger partial charge on any atom is -0.384 e. The van der Waals surface area contributed by atoms with E-state index in [1.54, 1.807) is 24.3 Å². The number of thioether (sulfide) groups is 1. The van der Waals surface area contributed by atoms with E-state index in [2.05, 4.69) is 0 Å². The number of hydrogen-bond acceptors (Lipinski definition) is 2. The van der Waals surface area contributed by atoms with Gasteiger partial charge in [-0.05, 0) is 29.8 Å². The van der Waals surface area contributed by atoms with Gasteiger partial charge < -0.3 is 5.73 Å². The molecule has 0 radical (unpaired) electrons. The van der Waals surface area contributed by atoms with E-state index in [1.165, 1.54) is 17.8 Å². The Balaban J connectivity index is 2.17. The third kappa shape index (κ3) is 3.45. The topological polar surface area (TPSA) is 49.9 Å². The zero-order valence-corrected chi connectivity index (χ0v) is 12.6. The lowest BCUT2D eigenvalue weighted by Gasteiger charge is -2.07. The minimum atomic E-state index is -0.451. The van der Waals surface area contributed by atoms with Crippen LogP contribution in [0.1, 0.15) is 11.1 Å². The van der Waals surface area contributed by atoms with Crippen molar-refractivity contribution >= 4 is 40.8 Å². The van der Waals surface area contributed by atoms with Crippen molar-refractivity contribution in [3.05, 3.63) is 63.4 Å². The van der Waals surface area contributed by atoms with Crippen LogP contribution in [0.3, 0.4) is 0 Å². The molecule has 2 nitrogen and oxygen atoms in total. The zero-order valence-electron chi connectivity index (χ0n) is 10.3. The summed E-state index contributed by atoms with van der Waals surface area (Å²) >= 11 is 13.2. The van der Waals surface area contributed by atoms with E-state index >= 15 is 0 Å². The van der Waals surface area contributed by atoms with Gasteiger partial charge in [0, 0.05) is 10.6 Å². The number of hydrogen-bond donors (Lipinski definition) is 2. The third-order valence-electron chi connectivity index (χ3n) is 2.65. The van der Waals surface area contributed by atoms with Crippen LogP contribution < -0.4 is 5.73 Å². The van der Waals surface area contributed by atoms with Crippen LogP contribution >= 0.6 is 35.0 Å². The molecule has 104 valence electrons. The second-order valence-corrected chi connectivity index (χ2v) is 5.92. The Morgan fingerprint density at radius 3 is 2.60 bits per heavy atom. The maximum atomic E-state index is 14.1. The van der Waals surface area contributed by atoms with Gasteiger partial charge in [-0.2, -0.15) is 0 Å². The monoisotopic (exact) mass is 328 g/mol. The van der Waals surface area contributed by atoms with Crippen LogP contribution in [-0.4, -0.2) is 5.84 Å². The van der Waals surface area contributed by atoms with Crippen molar-refractivity contribution in [2.75, 3.05) is 0 Å². The summed E-state index contributed by atoms with van der Waals surface area (Å²) in [6, 6.07) is 10.1. The summed E-state index contributed by atoms with van der Waals surface area (Å²) in [5.74, 6) is -0.304. The molecule has 0 unspecified atom stereocenters. The molecule has 0 amide bonds. The highest BCUT2D eigenvalue weighted by molar-refractivity contribution is 7.98. The molecule has 2 aromatic rings. The van der Waals surface area contributed by atoms with Gasteiger partial charge in [-0.1, -0.05) is 35.3 Å². The molecule has 0 spiro atoms. The van der Waals surface area contributed by atoms with Crippen LogP contribution in [0.25, 0.3) is 0 Å². The summed E-state index contributed by atoms with van der Waals surface area (Å²) in [6.45, 7) is 0. The van der Waals surface area contributed by atoms with Crippen LogP contribution in [0, 0.1) is 11.2 Å². The fourth-order valence-corrected chi connectivity index (χ4v) is 2.90. The smallest absolute Gasteiger partial charge is 0.138 e. The van der Waals surface area contributed by atoms with Crippen molar-refractivity contribution in [3.8, 4) is 0 Å². The molecule has 2 rings (SSSR count). The first-order valence-corrected chi connectivity index (χ1v) is 7.43. The number of nitrogens with two attached hydrogens (primary N) is 1. The van der Waals surface area contributed by atoms with Gasteiger partial charge >= 0.3 is 0 Å². The Morgan fingerprint density at radius 2 is 1.95 bits per heavy atom. The van der Waals surface area contributed by atoms with E-state index in [9.17, 15) is 4.39 Å². The molecule has 0 heterocycles. The van der Waals surface area contributed by atoms with Crippen molar-refractivity contribution in [3.63, 3.8) is 0 Å². The van der Waals surface area contributed by atoms with Gasteiger partial charge in [0.2, 0.25) is 0 Å². The van der Waals surface area contributed by atoms with Gasteiger partial charge in [-0.3, -0.25) is 5.41 Å². The highest BCUT2D eigenvalue weighted by Crippen LogP contribution is 2.30. The molecule has 20 heavy (non-hydrogen) atoms. The minimum absolute atomic E-state index is 0.122. The van der Waals surface area contributed by atoms with E-state index in [4.69, 9.17) is 34.3 Å². The summed E-state index contributed by atoms with van der Waals surface area (Å²) in [5, 5.41) is 8.27. The van der Waals surface area contributed by atoms with Crippen molar-refractivity contribution in [1.82, 2.24) is 0 Å². The normalized spacial score (nSPS) is 10.6. The summed E-state index contributed by atoms with van der Waals surface area (Å²) in [4.78, 5) is 0.895. The van der Waals surface area contributed by atoms with Crippen molar-refractivity contribution in [1.29, 1.82) is 5.41 Å². The average Bonchev–Trinajstić information content (AvgIpc) is 2.41. The summed E-state index contributed by atoms with van der Waals surface area (Å²) in [6.07, 6.45) is 0. The van der Waals surface area contributed by atoms with E-state index in [-0.39, 0.29) is 11.4 Å². The first kappa shape index (κ1) is 15.2. The van der Waals surface area contributed by atoms with Crippen LogP contribution in [0.15, 0.2) is 41.3 Å². The van der Waals surface area contributed by atoms with Gasteiger partial charge in [0.1, 0.15) is 11.7 Å². The van der Waals surface area contributed by atoms with Crippen LogP contribution in [0.4, 0.5) is 4.39 Å². The molecule has 0 aliphatic carbocycles. The number of amidine groups is 1. The number of nitrogen functional groups attached to an aromatic ring is 1. The first-order chi connectivity index (χ1) is 9.49. The van der Waals surface area contributed by atoms with Gasteiger partial charge in [0.05, 0.1) is 15.6 Å². The Hall–Kier alpha value is -1.23. The van der Waals surface area contributed by atoms with E-state index in [0.717, 1.165) is 4.90 Å². The maximum Gasteiger partial charge on any atom is 0.138 e. The van der Waals surface area contributed by atoms with Gasteiger partial charge in [-0.15, -0.1) is 11.8 Å². The maximum absolute atomic E-state index is 14.1. The molecule has 0 fully saturated rings. The number of nitrogens with one attached hydrogen (secondary N) is 1. The summed E-state index contributed by atoms with van der Waals surface area (Å²) < 4.78 is 14.1. The largest absolute Gasteiger partial charge is 0.384 e. The van der Waals surface area contributed by atoms with Crippen molar-refractivity contribution in [2.24, 2.45) is 5.73 Å². The second kappa shape index (κ2) is 6.48. The molecule has 0 saturated heterocycles. The molecule has 0 aliphatic rings. The molecular formula is C14H11Cl2FN2S. The first-order valence-electron chi connectivity index (χ1n) is 5.68. The second-order valence-electron chi connectivity index (χ2n) is 4.06. The van der Waals surface area contributed by atoms with E-state index in [0.29, 0.717) is 21.4 Å². The highest BCUT2D eigenvalue weighted by atomic mass is 35.5. The lowest BCUT2D eigenvalue weighted by molar-refractivity contribution is 0.614. The van der Waals surface area contributed by atoms with Gasteiger partial charge in [-0.25, -0.2) is 4.39 Å². The lowest BCUT2D eigenvalue weighted by Crippen LogP contribution is -2.14. The predicted octanol–water partition coefficient (Wildman–Crippen LogP) is 4.71. The standard InChI is InChI=1S/C14H11Cl2FN2S/c15-11-5-4-9(6-12(11)16)20-7-8-2-1-3-10(13(8)17)14(18)19/h1-6H,7H2,(H3,18,19). The summed E-state index contributed by atoms with van der Waals surface area (Å²) in [5.41, 5.74) is 5.95. The quantitative estimate of drug-likeness (QED) is 0.485. The third-order valence-corrected chi connectivity index (χ3v) is 4.44. The molecular weight excluding hydrogens is 318 g/mol. The Kier molecular flexibility index (Phi) is 4.91. The van der Waals surface area contributed by atoms with Gasteiger partial charge in [0.15, 0.2) is 0 Å². The van der Waals surface area contributed by atoms with Crippen LogP contribution in [0.2, 0.25) is 10.0 Å². The molecule has 0 bridgehead atoms. The fraction of sp³-hybridized carbons (Fsp3) is 0.0714. The SMILES string of the molecule is N=C(N)c1cccc(CSc2ccc(Cl)c(Cl)c2)c1F. The van der Waals surface area contributed by atoms with Crippen molar-refractivity contribution in [2.45, 2.75) is 10.6 Å². The average molecular weight is 329 g/mol. The number of benzene rings is 2. The number of halogens is 3. The predicted molar refractivity (Wildman–Crippen MR) is 83.4 cm³/mol. The molecule has 3 N–H and O–H groups in total. The van der Waals surface area contributed by atoms with Crippen molar-refractivity contribution < 1.29 is 4.39 Å². The molecule has 0 atom stereocenters. The zero-order chi connectivity index (χ0) is 14.7. The molecule has 0 aromatic heterocycles. The number of rotatable bonds is 4. The Morgan fingerprint density at radius 1 is 1.20 bits per heavy atom.